The van der Waals surface area contributed by atoms with Crippen molar-refractivity contribution in [3.05, 3.63) is 57.8 Å². The summed E-state index contributed by atoms with van der Waals surface area (Å²) in [7, 11) is 0. The number of carbonyl (C=O) groups excluding carboxylic acids is 2. The van der Waals surface area contributed by atoms with E-state index < -0.39 is 4.92 Å². The van der Waals surface area contributed by atoms with Crippen LogP contribution >= 0.6 is 0 Å². The van der Waals surface area contributed by atoms with Gasteiger partial charge in [-0.1, -0.05) is 0 Å². The number of hydrogen-bond donors (Lipinski definition) is 1. The minimum absolute atomic E-state index is 0.0153. The molecule has 2 aromatic rings. The van der Waals surface area contributed by atoms with Crippen molar-refractivity contribution in [2.24, 2.45) is 0 Å². The van der Waals surface area contributed by atoms with Crippen LogP contribution in [0.1, 0.15) is 52.4 Å². The molecule has 0 radical (unpaired) electrons. The number of oxazole rings is 1. The van der Waals surface area contributed by atoms with E-state index in [0.29, 0.717) is 31.9 Å². The molecule has 1 aromatic carbocycles. The minimum atomic E-state index is -0.517. The first kappa shape index (κ1) is 22.9. The highest BCUT2D eigenvalue weighted by molar-refractivity contribution is 5.94. The van der Waals surface area contributed by atoms with Gasteiger partial charge in [0.1, 0.15) is 6.26 Å². The number of nitro groups is 1. The molecule has 2 aliphatic heterocycles. The highest BCUT2D eigenvalue weighted by Gasteiger charge is 2.26. The second-order valence-corrected chi connectivity index (χ2v) is 8.10. The molecule has 0 aliphatic carbocycles. The summed E-state index contributed by atoms with van der Waals surface area (Å²) in [5, 5.41) is 13.7. The Morgan fingerprint density at radius 1 is 1.12 bits per heavy atom. The van der Waals surface area contributed by atoms with Crippen LogP contribution in [0, 0.1) is 10.1 Å². The van der Waals surface area contributed by atoms with E-state index in [1.165, 1.54) is 35.4 Å². The van der Waals surface area contributed by atoms with Crippen molar-refractivity contribution in [2.75, 3.05) is 26.3 Å². The molecular weight excluding hydrogens is 432 g/mol. The summed E-state index contributed by atoms with van der Waals surface area (Å²) in [5.74, 6) is -0.485. The molecular formula is C22H26N4O7. The van der Waals surface area contributed by atoms with Crippen molar-refractivity contribution >= 4 is 17.5 Å². The summed E-state index contributed by atoms with van der Waals surface area (Å²) < 4.78 is 16.6. The Hall–Kier alpha value is -3.31. The summed E-state index contributed by atoms with van der Waals surface area (Å²) in [6, 6.07) is 5.42. The summed E-state index contributed by atoms with van der Waals surface area (Å²) in [6.45, 7) is 2.11. The number of benzene rings is 1. The largest absolute Gasteiger partial charge is 0.446 e. The van der Waals surface area contributed by atoms with E-state index in [4.69, 9.17) is 13.9 Å². The number of amides is 2. The lowest BCUT2D eigenvalue weighted by molar-refractivity contribution is -0.384. The maximum Gasteiger partial charge on any atom is 0.273 e. The Labute approximate surface area is 190 Å². The van der Waals surface area contributed by atoms with Gasteiger partial charge in [0.05, 0.1) is 23.7 Å². The molecule has 1 N–H and O–H groups in total. The van der Waals surface area contributed by atoms with E-state index in [9.17, 15) is 19.7 Å². The van der Waals surface area contributed by atoms with Gasteiger partial charge >= 0.3 is 0 Å². The molecule has 3 heterocycles. The molecule has 1 aromatic heterocycles. The van der Waals surface area contributed by atoms with Gasteiger partial charge in [-0.15, -0.1) is 0 Å². The minimum Gasteiger partial charge on any atom is -0.446 e. The predicted molar refractivity (Wildman–Crippen MR) is 115 cm³/mol. The fourth-order valence-corrected chi connectivity index (χ4v) is 3.92. The normalized spacial score (nSPS) is 20.0. The van der Waals surface area contributed by atoms with Gasteiger partial charge in [-0.25, -0.2) is 4.98 Å². The molecule has 2 aliphatic rings. The number of nitro benzene ring substituents is 1. The van der Waals surface area contributed by atoms with Crippen molar-refractivity contribution in [1.29, 1.82) is 0 Å². The van der Waals surface area contributed by atoms with Crippen molar-refractivity contribution in [3.8, 4) is 0 Å². The van der Waals surface area contributed by atoms with Gasteiger partial charge in [-0.2, -0.15) is 0 Å². The molecule has 2 saturated heterocycles. The lowest BCUT2D eigenvalue weighted by Gasteiger charge is -2.24. The zero-order chi connectivity index (χ0) is 23.2. The third-order valence-corrected chi connectivity index (χ3v) is 5.69. The third-order valence-electron chi connectivity index (χ3n) is 5.69. The van der Waals surface area contributed by atoms with E-state index in [1.807, 2.05) is 0 Å². The van der Waals surface area contributed by atoms with Crippen LogP contribution in [0.2, 0.25) is 0 Å². The maximum atomic E-state index is 13.1. The fourth-order valence-electron chi connectivity index (χ4n) is 3.92. The molecule has 11 heteroatoms. The van der Waals surface area contributed by atoms with Gasteiger partial charge in [-0.05, 0) is 37.8 Å². The van der Waals surface area contributed by atoms with Gasteiger partial charge in [0.25, 0.3) is 17.5 Å². The summed E-state index contributed by atoms with van der Waals surface area (Å²) in [4.78, 5) is 41.7. The van der Waals surface area contributed by atoms with Crippen LogP contribution in [0.5, 0.6) is 0 Å². The Kier molecular flexibility index (Phi) is 7.30. The molecule has 0 spiro atoms. The first-order valence-electron chi connectivity index (χ1n) is 11.0. The molecule has 33 heavy (non-hydrogen) atoms. The van der Waals surface area contributed by atoms with Crippen molar-refractivity contribution < 1.29 is 28.4 Å². The number of ether oxygens (including phenoxy) is 2. The van der Waals surface area contributed by atoms with E-state index >= 15 is 0 Å². The Bertz CT molecular complexity index is 979. The number of nitrogens with one attached hydrogen (secondary N) is 1. The van der Waals surface area contributed by atoms with Gasteiger partial charge in [0, 0.05) is 44.0 Å². The van der Waals surface area contributed by atoms with Gasteiger partial charge in [0.15, 0.2) is 5.69 Å². The smallest absolute Gasteiger partial charge is 0.273 e. The zero-order valence-electron chi connectivity index (χ0n) is 18.1. The van der Waals surface area contributed by atoms with Crippen LogP contribution in [0.25, 0.3) is 0 Å². The Morgan fingerprint density at radius 2 is 1.82 bits per heavy atom. The average molecular weight is 458 g/mol. The SMILES string of the molecule is O=C(NCC1CCCO1)c1coc(CN(CC2CCCO2)C(=O)c2ccc([N+](=O)[O-])cc2)n1. The molecule has 4 rings (SSSR count). The first-order chi connectivity index (χ1) is 16.0. The lowest BCUT2D eigenvalue weighted by Crippen LogP contribution is -2.37. The van der Waals surface area contributed by atoms with E-state index in [-0.39, 0.29) is 47.8 Å². The number of aromatic nitrogens is 1. The molecule has 2 amide bonds. The van der Waals surface area contributed by atoms with Crippen LogP contribution in [0.4, 0.5) is 5.69 Å². The van der Waals surface area contributed by atoms with Crippen molar-refractivity contribution in [2.45, 2.75) is 44.4 Å². The van der Waals surface area contributed by atoms with Gasteiger partial charge in [0.2, 0.25) is 5.89 Å². The quantitative estimate of drug-likeness (QED) is 0.446. The Morgan fingerprint density at radius 3 is 2.45 bits per heavy atom. The van der Waals surface area contributed by atoms with Crippen LogP contribution in [-0.2, 0) is 16.0 Å². The first-order valence-corrected chi connectivity index (χ1v) is 11.0. The number of nitrogens with zero attached hydrogens (tertiary/aromatic N) is 3. The van der Waals surface area contributed by atoms with Crippen LogP contribution < -0.4 is 5.32 Å². The van der Waals surface area contributed by atoms with Crippen molar-refractivity contribution in [3.63, 3.8) is 0 Å². The van der Waals surface area contributed by atoms with Crippen molar-refractivity contribution in [1.82, 2.24) is 15.2 Å². The Balaban J connectivity index is 1.43. The highest BCUT2D eigenvalue weighted by atomic mass is 16.6. The number of rotatable bonds is 9. The summed E-state index contributed by atoms with van der Waals surface area (Å²) >= 11 is 0. The lowest BCUT2D eigenvalue weighted by atomic mass is 10.1. The monoisotopic (exact) mass is 458 g/mol. The highest BCUT2D eigenvalue weighted by Crippen LogP contribution is 2.19. The zero-order valence-corrected chi connectivity index (χ0v) is 18.1. The van der Waals surface area contributed by atoms with Gasteiger partial charge in [-0.3, -0.25) is 19.7 Å². The molecule has 2 unspecified atom stereocenters. The average Bonchev–Trinajstić information content (AvgIpc) is 3.60. The van der Waals surface area contributed by atoms with Crippen LogP contribution in [0.3, 0.4) is 0 Å². The summed E-state index contributed by atoms with van der Waals surface area (Å²) in [6.07, 6.45) is 4.80. The van der Waals surface area contributed by atoms with E-state index in [0.717, 1.165) is 25.7 Å². The second kappa shape index (κ2) is 10.5. The third kappa shape index (κ3) is 5.93. The van der Waals surface area contributed by atoms with Gasteiger partial charge < -0.3 is 24.1 Å². The number of hydrogen-bond acceptors (Lipinski definition) is 8. The number of carbonyl (C=O) groups is 2. The molecule has 0 bridgehead atoms. The maximum absolute atomic E-state index is 13.1. The second-order valence-electron chi connectivity index (χ2n) is 8.10. The van der Waals surface area contributed by atoms with E-state index in [1.54, 1.807) is 0 Å². The predicted octanol–water partition coefficient (Wildman–Crippen LogP) is 2.31. The standard InChI is InChI=1S/C22H26N4O7/c27-21(23-11-17-3-1-9-31-17)19-14-33-20(24-19)13-25(12-18-4-2-10-32-18)22(28)15-5-7-16(8-6-15)26(29)30/h5-8,14,17-18H,1-4,9-13H2,(H,23,27). The topological polar surface area (TPSA) is 137 Å². The molecule has 2 atom stereocenters. The molecule has 176 valence electrons. The van der Waals surface area contributed by atoms with Crippen LogP contribution in [-0.4, -0.2) is 65.1 Å². The molecule has 11 nitrogen and oxygen atoms in total. The summed E-state index contributed by atoms with van der Waals surface area (Å²) in [5.41, 5.74) is 0.339. The van der Waals surface area contributed by atoms with E-state index in [2.05, 4.69) is 10.3 Å². The fraction of sp³-hybridized carbons (Fsp3) is 0.500. The van der Waals surface area contributed by atoms with Crippen LogP contribution in [0.15, 0.2) is 34.9 Å². The number of non-ortho nitro benzene ring substituents is 1. The molecule has 0 saturated carbocycles. The molecule has 2 fully saturated rings.